The molecule has 0 fully saturated rings. The van der Waals surface area contributed by atoms with Crippen LogP contribution in [-0.4, -0.2) is 0 Å². The van der Waals surface area contributed by atoms with E-state index >= 15 is 0 Å². The second-order valence-corrected chi connectivity index (χ2v) is 4.31. The maximum absolute atomic E-state index is 6.38. The molecular weight excluding hydrogens is 182 g/mol. The highest BCUT2D eigenvalue weighted by molar-refractivity contribution is 5.29. The van der Waals surface area contributed by atoms with E-state index in [1.54, 1.807) is 0 Å². The lowest BCUT2D eigenvalue weighted by molar-refractivity contribution is 0.412. The van der Waals surface area contributed by atoms with Crippen molar-refractivity contribution in [3.05, 3.63) is 35.4 Å². The second kappa shape index (κ2) is 5.32. The maximum Gasteiger partial charge on any atom is 0.0404 e. The van der Waals surface area contributed by atoms with E-state index in [4.69, 9.17) is 5.73 Å². The third kappa shape index (κ3) is 2.82. The smallest absolute Gasteiger partial charge is 0.0404 e. The Labute approximate surface area is 93.7 Å². The Balaban J connectivity index is 2.98. The van der Waals surface area contributed by atoms with Gasteiger partial charge in [-0.3, -0.25) is 0 Å². The van der Waals surface area contributed by atoms with Crippen LogP contribution in [0.4, 0.5) is 0 Å². The topological polar surface area (TPSA) is 26.0 Å². The fourth-order valence-corrected chi connectivity index (χ4v) is 1.98. The standard InChI is InChI=1S/C14H23N/c1-4-8-12-9-7-10-13(11-12)14(15,5-2)6-3/h7,9-11H,4-6,8,15H2,1-3H3. The number of aryl methyl sites for hydroxylation is 1. The van der Waals surface area contributed by atoms with Crippen LogP contribution in [0.3, 0.4) is 0 Å². The van der Waals surface area contributed by atoms with Crippen LogP contribution in [0.2, 0.25) is 0 Å². The summed E-state index contributed by atoms with van der Waals surface area (Å²) in [6, 6.07) is 8.76. The molecule has 0 aromatic heterocycles. The number of hydrogen-bond donors (Lipinski definition) is 1. The number of rotatable bonds is 5. The molecule has 0 aliphatic carbocycles. The molecule has 1 rings (SSSR count). The molecule has 1 aromatic carbocycles. The molecule has 0 amide bonds. The molecule has 15 heavy (non-hydrogen) atoms. The lowest BCUT2D eigenvalue weighted by atomic mass is 9.85. The van der Waals surface area contributed by atoms with Crippen molar-refractivity contribution in [2.24, 2.45) is 5.73 Å². The van der Waals surface area contributed by atoms with Gasteiger partial charge < -0.3 is 5.73 Å². The second-order valence-electron chi connectivity index (χ2n) is 4.31. The number of benzene rings is 1. The molecule has 0 spiro atoms. The van der Waals surface area contributed by atoms with Gasteiger partial charge in [0.1, 0.15) is 0 Å². The Morgan fingerprint density at radius 1 is 1.13 bits per heavy atom. The van der Waals surface area contributed by atoms with E-state index in [-0.39, 0.29) is 5.54 Å². The lowest BCUT2D eigenvalue weighted by Gasteiger charge is -2.27. The summed E-state index contributed by atoms with van der Waals surface area (Å²) >= 11 is 0. The molecule has 0 radical (unpaired) electrons. The zero-order valence-corrected chi connectivity index (χ0v) is 10.2. The van der Waals surface area contributed by atoms with Gasteiger partial charge in [0.25, 0.3) is 0 Å². The van der Waals surface area contributed by atoms with Gasteiger partial charge in [0.05, 0.1) is 0 Å². The van der Waals surface area contributed by atoms with Gasteiger partial charge in [-0.2, -0.15) is 0 Å². The van der Waals surface area contributed by atoms with Crippen molar-refractivity contribution in [2.75, 3.05) is 0 Å². The van der Waals surface area contributed by atoms with Crippen molar-refractivity contribution in [1.29, 1.82) is 0 Å². The number of hydrogen-bond acceptors (Lipinski definition) is 1. The minimum absolute atomic E-state index is 0.135. The lowest BCUT2D eigenvalue weighted by Crippen LogP contribution is -2.35. The average molecular weight is 205 g/mol. The van der Waals surface area contributed by atoms with Crippen molar-refractivity contribution in [2.45, 2.75) is 52.0 Å². The summed E-state index contributed by atoms with van der Waals surface area (Å²) in [6.07, 6.45) is 4.34. The van der Waals surface area contributed by atoms with Crippen LogP contribution >= 0.6 is 0 Å². The molecule has 0 bridgehead atoms. The average Bonchev–Trinajstić information content (AvgIpc) is 2.29. The minimum Gasteiger partial charge on any atom is -0.321 e. The highest BCUT2D eigenvalue weighted by Crippen LogP contribution is 2.26. The first-order valence-electron chi connectivity index (χ1n) is 6.04. The van der Waals surface area contributed by atoms with Crippen LogP contribution in [0, 0.1) is 0 Å². The molecule has 0 unspecified atom stereocenters. The SMILES string of the molecule is CCCc1cccc(C(N)(CC)CC)c1. The first-order valence-corrected chi connectivity index (χ1v) is 6.04. The van der Waals surface area contributed by atoms with Gasteiger partial charge in [0.2, 0.25) is 0 Å². The van der Waals surface area contributed by atoms with Gasteiger partial charge in [-0.1, -0.05) is 51.5 Å². The fourth-order valence-electron chi connectivity index (χ4n) is 1.98. The van der Waals surface area contributed by atoms with Crippen molar-refractivity contribution < 1.29 is 0 Å². The molecule has 0 saturated heterocycles. The van der Waals surface area contributed by atoms with Crippen molar-refractivity contribution in [3.63, 3.8) is 0 Å². The summed E-state index contributed by atoms with van der Waals surface area (Å²) in [6.45, 7) is 6.54. The monoisotopic (exact) mass is 205 g/mol. The summed E-state index contributed by atoms with van der Waals surface area (Å²) in [5, 5.41) is 0. The molecular formula is C14H23N. The first kappa shape index (κ1) is 12.3. The van der Waals surface area contributed by atoms with E-state index in [9.17, 15) is 0 Å². The predicted octanol–water partition coefficient (Wildman–Crippen LogP) is 3.61. The zero-order valence-electron chi connectivity index (χ0n) is 10.2. The molecule has 84 valence electrons. The normalized spacial score (nSPS) is 11.7. The summed E-state index contributed by atoms with van der Waals surface area (Å²) in [7, 11) is 0. The van der Waals surface area contributed by atoms with Gasteiger partial charge in [-0.25, -0.2) is 0 Å². The molecule has 0 heterocycles. The Morgan fingerprint density at radius 3 is 2.33 bits per heavy atom. The van der Waals surface area contributed by atoms with E-state index in [1.807, 2.05) is 0 Å². The summed E-state index contributed by atoms with van der Waals surface area (Å²) < 4.78 is 0. The molecule has 0 aliphatic rings. The van der Waals surface area contributed by atoms with Crippen molar-refractivity contribution in [3.8, 4) is 0 Å². The fraction of sp³-hybridized carbons (Fsp3) is 0.571. The zero-order chi connectivity index (χ0) is 11.3. The van der Waals surface area contributed by atoms with Crippen molar-refractivity contribution in [1.82, 2.24) is 0 Å². The van der Waals surface area contributed by atoms with Crippen LogP contribution < -0.4 is 5.73 Å². The molecule has 0 atom stereocenters. The van der Waals surface area contributed by atoms with E-state index < -0.39 is 0 Å². The van der Waals surface area contributed by atoms with E-state index in [1.165, 1.54) is 17.5 Å². The third-order valence-corrected chi connectivity index (χ3v) is 3.30. The predicted molar refractivity (Wildman–Crippen MR) is 66.9 cm³/mol. The van der Waals surface area contributed by atoms with Crippen molar-refractivity contribution >= 4 is 0 Å². The Morgan fingerprint density at radius 2 is 1.80 bits per heavy atom. The summed E-state index contributed by atoms with van der Waals surface area (Å²) in [5.41, 5.74) is 8.95. The van der Waals surface area contributed by atoms with Gasteiger partial charge in [-0.15, -0.1) is 0 Å². The van der Waals surface area contributed by atoms with E-state index in [0.717, 1.165) is 19.3 Å². The Bertz CT molecular complexity index is 300. The van der Waals surface area contributed by atoms with Gasteiger partial charge >= 0.3 is 0 Å². The summed E-state index contributed by atoms with van der Waals surface area (Å²) in [5.74, 6) is 0. The third-order valence-electron chi connectivity index (χ3n) is 3.30. The van der Waals surface area contributed by atoms with Gasteiger partial charge in [0.15, 0.2) is 0 Å². The molecule has 1 nitrogen and oxygen atoms in total. The molecule has 2 N–H and O–H groups in total. The highest BCUT2D eigenvalue weighted by Gasteiger charge is 2.22. The van der Waals surface area contributed by atoms with E-state index in [0.29, 0.717) is 0 Å². The summed E-state index contributed by atoms with van der Waals surface area (Å²) in [4.78, 5) is 0. The van der Waals surface area contributed by atoms with Gasteiger partial charge in [0, 0.05) is 5.54 Å². The van der Waals surface area contributed by atoms with E-state index in [2.05, 4.69) is 45.0 Å². The van der Waals surface area contributed by atoms with Crippen LogP contribution in [0.15, 0.2) is 24.3 Å². The molecule has 1 heteroatoms. The van der Waals surface area contributed by atoms with Crippen LogP contribution in [-0.2, 0) is 12.0 Å². The molecule has 0 saturated carbocycles. The minimum atomic E-state index is -0.135. The Kier molecular flexibility index (Phi) is 4.34. The maximum atomic E-state index is 6.38. The first-order chi connectivity index (χ1) is 7.16. The van der Waals surface area contributed by atoms with Crippen LogP contribution in [0.5, 0.6) is 0 Å². The van der Waals surface area contributed by atoms with Gasteiger partial charge in [-0.05, 0) is 30.4 Å². The molecule has 0 aliphatic heterocycles. The van der Waals surface area contributed by atoms with Crippen LogP contribution in [0.1, 0.15) is 51.2 Å². The largest absolute Gasteiger partial charge is 0.321 e. The molecule has 1 aromatic rings. The quantitative estimate of drug-likeness (QED) is 0.780. The number of nitrogens with two attached hydrogens (primary N) is 1. The Hall–Kier alpha value is -0.820. The highest BCUT2D eigenvalue weighted by atomic mass is 14.7. The van der Waals surface area contributed by atoms with Crippen LogP contribution in [0.25, 0.3) is 0 Å².